The monoisotopic (exact) mass is 433 g/mol. The summed E-state index contributed by atoms with van der Waals surface area (Å²) in [6.07, 6.45) is 1.47. The lowest BCUT2D eigenvalue weighted by Gasteiger charge is -2.42. The van der Waals surface area contributed by atoms with Crippen LogP contribution in [0.2, 0.25) is 0 Å². The molecule has 0 radical (unpaired) electrons. The molecule has 0 aromatic heterocycles. The Balaban J connectivity index is 1.68. The molecule has 2 heterocycles. The van der Waals surface area contributed by atoms with Crippen LogP contribution in [0.4, 0.5) is 5.69 Å². The van der Waals surface area contributed by atoms with Gasteiger partial charge in [0.25, 0.3) is 5.91 Å². The number of likely N-dealkylation sites (N-methyl/N-ethyl adjacent to an activating group) is 1. The van der Waals surface area contributed by atoms with Gasteiger partial charge in [-0.25, -0.2) is 0 Å². The van der Waals surface area contributed by atoms with Gasteiger partial charge in [0.2, 0.25) is 11.8 Å². The molecular formula is C22H31N3O6. The Bertz CT molecular complexity index is 814. The van der Waals surface area contributed by atoms with Gasteiger partial charge < -0.3 is 29.7 Å². The first kappa shape index (κ1) is 23.0. The molecule has 3 amide bonds. The van der Waals surface area contributed by atoms with Crippen LogP contribution in [0.25, 0.3) is 0 Å². The largest absolute Gasteiger partial charge is 0.490 e. The maximum atomic E-state index is 13.2. The van der Waals surface area contributed by atoms with Gasteiger partial charge in [0.15, 0.2) is 0 Å². The minimum atomic E-state index is -0.327. The van der Waals surface area contributed by atoms with Crippen molar-refractivity contribution in [3.8, 4) is 5.75 Å². The number of benzene rings is 1. The number of carbonyl (C=O) groups excluding carboxylic acids is 3. The van der Waals surface area contributed by atoms with Crippen LogP contribution in [-0.4, -0.2) is 74.8 Å². The second-order valence-corrected chi connectivity index (χ2v) is 7.83. The second-order valence-electron chi connectivity index (χ2n) is 7.83. The quantitative estimate of drug-likeness (QED) is 0.633. The Morgan fingerprint density at radius 1 is 1.26 bits per heavy atom. The standard InChI is InChI=1S/C22H31N3O6/c1-4-20(26)24-14-5-8-18-16(11-14)22(28)25(2)17-7-6-15(31-19(17)13-30-18)12-21(27)23-9-10-29-3/h5,8,11,15,17,19H,4,6-7,9-10,12-13H2,1-3H3,(H,23,27)(H,24,26)/t15-,17-,19+/m1/s1. The molecule has 1 aromatic rings. The number of hydrogen-bond donors (Lipinski definition) is 2. The van der Waals surface area contributed by atoms with Gasteiger partial charge in [-0.3, -0.25) is 14.4 Å². The Morgan fingerprint density at radius 3 is 2.81 bits per heavy atom. The molecular weight excluding hydrogens is 402 g/mol. The number of methoxy groups -OCH3 is 1. The molecule has 0 saturated carbocycles. The maximum Gasteiger partial charge on any atom is 0.257 e. The van der Waals surface area contributed by atoms with Crippen molar-refractivity contribution in [2.45, 2.75) is 50.9 Å². The molecule has 9 nitrogen and oxygen atoms in total. The Morgan fingerprint density at radius 2 is 2.06 bits per heavy atom. The number of hydrogen-bond acceptors (Lipinski definition) is 6. The van der Waals surface area contributed by atoms with Crippen molar-refractivity contribution in [3.05, 3.63) is 23.8 Å². The van der Waals surface area contributed by atoms with Gasteiger partial charge in [-0.05, 0) is 31.0 Å². The molecule has 2 aliphatic rings. The van der Waals surface area contributed by atoms with E-state index in [0.717, 1.165) is 0 Å². The van der Waals surface area contributed by atoms with E-state index in [2.05, 4.69) is 10.6 Å². The molecule has 0 spiro atoms. The fraction of sp³-hybridized carbons (Fsp3) is 0.591. The Hall–Kier alpha value is -2.65. The number of rotatable bonds is 7. The highest BCUT2D eigenvalue weighted by atomic mass is 16.5. The van der Waals surface area contributed by atoms with Gasteiger partial charge >= 0.3 is 0 Å². The number of nitrogens with one attached hydrogen (secondary N) is 2. The summed E-state index contributed by atoms with van der Waals surface area (Å²) in [6.45, 7) is 2.97. The molecule has 0 bridgehead atoms. The Labute approximate surface area is 182 Å². The predicted molar refractivity (Wildman–Crippen MR) is 114 cm³/mol. The third kappa shape index (κ3) is 5.74. The van der Waals surface area contributed by atoms with Crippen molar-refractivity contribution < 1.29 is 28.6 Å². The lowest BCUT2D eigenvalue weighted by atomic mass is 9.94. The zero-order valence-electron chi connectivity index (χ0n) is 18.3. The summed E-state index contributed by atoms with van der Waals surface area (Å²) in [5.74, 6) is 0.0683. The number of ether oxygens (including phenoxy) is 3. The highest BCUT2D eigenvalue weighted by Gasteiger charge is 2.39. The summed E-state index contributed by atoms with van der Waals surface area (Å²) in [6, 6.07) is 4.91. The van der Waals surface area contributed by atoms with Crippen LogP contribution in [-0.2, 0) is 19.1 Å². The van der Waals surface area contributed by atoms with Crippen LogP contribution in [0.3, 0.4) is 0 Å². The van der Waals surface area contributed by atoms with Crippen LogP contribution >= 0.6 is 0 Å². The molecule has 3 rings (SSSR count). The zero-order chi connectivity index (χ0) is 22.4. The van der Waals surface area contributed by atoms with E-state index in [9.17, 15) is 14.4 Å². The van der Waals surface area contributed by atoms with Crippen LogP contribution in [0.5, 0.6) is 5.75 Å². The molecule has 1 saturated heterocycles. The summed E-state index contributed by atoms with van der Waals surface area (Å²) >= 11 is 0. The second kappa shape index (κ2) is 10.6. The van der Waals surface area contributed by atoms with E-state index in [-0.39, 0.29) is 49.0 Å². The molecule has 9 heteroatoms. The molecule has 1 fully saturated rings. The van der Waals surface area contributed by atoms with E-state index in [0.29, 0.717) is 49.4 Å². The number of anilines is 1. The maximum absolute atomic E-state index is 13.2. The highest BCUT2D eigenvalue weighted by molar-refractivity contribution is 5.99. The first-order valence-electron chi connectivity index (χ1n) is 10.7. The third-order valence-electron chi connectivity index (χ3n) is 5.66. The zero-order valence-corrected chi connectivity index (χ0v) is 18.3. The van der Waals surface area contributed by atoms with Gasteiger partial charge in [-0.15, -0.1) is 0 Å². The molecule has 0 aliphatic carbocycles. The van der Waals surface area contributed by atoms with Crippen molar-refractivity contribution in [1.29, 1.82) is 0 Å². The van der Waals surface area contributed by atoms with E-state index in [1.807, 2.05) is 0 Å². The number of amides is 3. The van der Waals surface area contributed by atoms with Crippen molar-refractivity contribution in [1.82, 2.24) is 10.2 Å². The van der Waals surface area contributed by atoms with E-state index < -0.39 is 0 Å². The fourth-order valence-electron chi connectivity index (χ4n) is 3.93. The van der Waals surface area contributed by atoms with E-state index >= 15 is 0 Å². The first-order chi connectivity index (χ1) is 14.9. The molecule has 170 valence electrons. The van der Waals surface area contributed by atoms with Crippen molar-refractivity contribution in [2.75, 3.05) is 39.2 Å². The van der Waals surface area contributed by atoms with Crippen molar-refractivity contribution >= 4 is 23.4 Å². The molecule has 31 heavy (non-hydrogen) atoms. The topological polar surface area (TPSA) is 106 Å². The van der Waals surface area contributed by atoms with Crippen LogP contribution in [0.1, 0.15) is 43.0 Å². The first-order valence-corrected chi connectivity index (χ1v) is 10.7. The third-order valence-corrected chi connectivity index (χ3v) is 5.66. The lowest BCUT2D eigenvalue weighted by Crippen LogP contribution is -2.54. The van der Waals surface area contributed by atoms with E-state index in [1.165, 1.54) is 0 Å². The van der Waals surface area contributed by atoms with Crippen molar-refractivity contribution in [3.63, 3.8) is 0 Å². The smallest absolute Gasteiger partial charge is 0.257 e. The van der Waals surface area contributed by atoms with Gasteiger partial charge in [-0.1, -0.05) is 6.92 Å². The average Bonchev–Trinajstić information content (AvgIpc) is 2.76. The summed E-state index contributed by atoms with van der Waals surface area (Å²) < 4.78 is 17.0. The summed E-state index contributed by atoms with van der Waals surface area (Å²) in [5.41, 5.74) is 0.974. The fourth-order valence-corrected chi connectivity index (χ4v) is 3.93. The van der Waals surface area contributed by atoms with E-state index in [1.54, 1.807) is 44.2 Å². The van der Waals surface area contributed by atoms with Crippen molar-refractivity contribution in [2.24, 2.45) is 0 Å². The minimum absolute atomic E-state index is 0.0799. The minimum Gasteiger partial charge on any atom is -0.490 e. The van der Waals surface area contributed by atoms with Gasteiger partial charge in [0, 0.05) is 32.8 Å². The van der Waals surface area contributed by atoms with Gasteiger partial charge in [0.05, 0.1) is 30.7 Å². The molecule has 3 atom stereocenters. The SMILES string of the molecule is CCC(=O)Nc1ccc2c(c1)C(=O)N(C)[C@@H]1CC[C@H](CC(=O)NCCOC)O[C@H]1CO2. The Kier molecular flexibility index (Phi) is 7.86. The average molecular weight is 434 g/mol. The number of nitrogens with zero attached hydrogens (tertiary/aromatic N) is 1. The van der Waals surface area contributed by atoms with Gasteiger partial charge in [0.1, 0.15) is 18.5 Å². The molecule has 1 aromatic carbocycles. The molecule has 2 N–H and O–H groups in total. The lowest BCUT2D eigenvalue weighted by molar-refractivity contribution is -0.134. The van der Waals surface area contributed by atoms with Crippen LogP contribution in [0.15, 0.2) is 18.2 Å². The van der Waals surface area contributed by atoms with Gasteiger partial charge in [-0.2, -0.15) is 0 Å². The molecule has 0 unspecified atom stereocenters. The predicted octanol–water partition coefficient (Wildman–Crippen LogP) is 1.57. The van der Waals surface area contributed by atoms with Crippen LogP contribution < -0.4 is 15.4 Å². The van der Waals surface area contributed by atoms with E-state index in [4.69, 9.17) is 14.2 Å². The number of fused-ring (bicyclic) bond motifs is 2. The number of carbonyl (C=O) groups is 3. The summed E-state index contributed by atoms with van der Waals surface area (Å²) in [4.78, 5) is 38.7. The normalized spacial score (nSPS) is 23.0. The van der Waals surface area contributed by atoms with Crippen LogP contribution in [0, 0.1) is 0 Å². The highest BCUT2D eigenvalue weighted by Crippen LogP contribution is 2.32. The summed E-state index contributed by atoms with van der Waals surface area (Å²) in [7, 11) is 3.34. The summed E-state index contributed by atoms with van der Waals surface area (Å²) in [5, 5.41) is 5.58. The molecule has 2 aliphatic heterocycles.